The number of hydroxylamine groups is 1. The van der Waals surface area contributed by atoms with Crippen molar-refractivity contribution in [2.45, 2.75) is 13.0 Å². The Labute approximate surface area is 180 Å². The van der Waals surface area contributed by atoms with Crippen molar-refractivity contribution in [1.29, 1.82) is 0 Å². The summed E-state index contributed by atoms with van der Waals surface area (Å²) >= 11 is 0. The molecule has 1 saturated carbocycles. The van der Waals surface area contributed by atoms with Crippen molar-refractivity contribution in [3.8, 4) is 0 Å². The van der Waals surface area contributed by atoms with Crippen molar-refractivity contribution in [3.63, 3.8) is 0 Å². The van der Waals surface area contributed by atoms with Crippen LogP contribution >= 0.6 is 0 Å². The van der Waals surface area contributed by atoms with Crippen LogP contribution in [0.5, 0.6) is 0 Å². The molecule has 31 heavy (non-hydrogen) atoms. The molecule has 2 saturated heterocycles. The molecule has 2 aliphatic heterocycles. The fraction of sp³-hybridized carbons (Fsp3) is 0.524. The normalized spacial score (nSPS) is 25.6. The SMILES string of the molecule is COCCONC=C1[C@H]2CN(c3ccc(N4C[C@H](CNC(C)=O)OC4=O)cc3F)C[C@@H]12. The molecule has 3 fully saturated rings. The summed E-state index contributed by atoms with van der Waals surface area (Å²) < 4.78 is 25.0. The van der Waals surface area contributed by atoms with E-state index in [1.807, 2.05) is 11.1 Å². The lowest BCUT2D eigenvalue weighted by Gasteiger charge is -2.22. The average molecular weight is 434 g/mol. The Hall–Kier alpha value is -2.85. The number of nitrogens with one attached hydrogen (secondary N) is 2. The van der Waals surface area contributed by atoms with Gasteiger partial charge < -0.3 is 19.7 Å². The van der Waals surface area contributed by atoms with Crippen LogP contribution in [0, 0.1) is 17.7 Å². The van der Waals surface area contributed by atoms with Gasteiger partial charge >= 0.3 is 6.09 Å². The van der Waals surface area contributed by atoms with Gasteiger partial charge in [0, 0.05) is 45.2 Å². The lowest BCUT2D eigenvalue weighted by molar-refractivity contribution is -0.119. The van der Waals surface area contributed by atoms with E-state index in [9.17, 15) is 14.0 Å². The number of cyclic esters (lactones) is 1. The van der Waals surface area contributed by atoms with Gasteiger partial charge in [0.25, 0.3) is 0 Å². The standard InChI is InChI=1S/C21H27FN4O5/c1-13(27)23-8-15-10-26(21(28)31-15)14-3-4-20(19(22)7-14)25-11-17-16(18(17)12-25)9-24-30-6-5-29-2/h3-4,7,9,15,17-18,24H,5-6,8,10-12H2,1-2H3,(H,23,27)/t15-,17-,18+/m0/s1. The zero-order chi connectivity index (χ0) is 22.0. The van der Waals surface area contributed by atoms with E-state index in [-0.39, 0.29) is 24.8 Å². The Kier molecular flexibility index (Phi) is 6.28. The Morgan fingerprint density at radius 3 is 2.74 bits per heavy atom. The van der Waals surface area contributed by atoms with Gasteiger partial charge in [-0.2, -0.15) is 0 Å². The largest absolute Gasteiger partial charge is 0.442 e. The van der Waals surface area contributed by atoms with Gasteiger partial charge in [0.1, 0.15) is 11.9 Å². The van der Waals surface area contributed by atoms with E-state index in [4.69, 9.17) is 14.3 Å². The first-order chi connectivity index (χ1) is 15.0. The van der Waals surface area contributed by atoms with Crippen LogP contribution in [-0.2, 0) is 19.1 Å². The minimum absolute atomic E-state index is 0.194. The summed E-state index contributed by atoms with van der Waals surface area (Å²) in [6.07, 6.45) is 0.889. The van der Waals surface area contributed by atoms with Gasteiger partial charge in [-0.15, -0.1) is 0 Å². The maximum absolute atomic E-state index is 14.9. The number of piperidine rings is 1. The molecule has 0 spiro atoms. The second-order valence-electron chi connectivity index (χ2n) is 7.91. The number of halogens is 1. The topological polar surface area (TPSA) is 92.4 Å². The van der Waals surface area contributed by atoms with E-state index in [2.05, 4.69) is 10.8 Å². The highest BCUT2D eigenvalue weighted by Gasteiger charge is 2.51. The fourth-order valence-electron chi connectivity index (χ4n) is 4.14. The number of ether oxygens (including phenoxy) is 2. The second kappa shape index (κ2) is 9.11. The molecule has 9 nitrogen and oxygen atoms in total. The first kappa shape index (κ1) is 21.4. The van der Waals surface area contributed by atoms with Crippen molar-refractivity contribution >= 4 is 23.4 Å². The molecule has 2 amide bonds. The summed E-state index contributed by atoms with van der Waals surface area (Å²) in [5.41, 5.74) is 5.09. The van der Waals surface area contributed by atoms with Crippen molar-refractivity contribution < 1.29 is 28.3 Å². The highest BCUT2D eigenvalue weighted by Crippen LogP contribution is 2.52. The Balaban J connectivity index is 1.31. The van der Waals surface area contributed by atoms with E-state index in [0.717, 1.165) is 13.1 Å². The maximum atomic E-state index is 14.9. The summed E-state index contributed by atoms with van der Waals surface area (Å²) in [5.74, 6) is 0.241. The van der Waals surface area contributed by atoms with Crippen LogP contribution in [0.3, 0.4) is 0 Å². The van der Waals surface area contributed by atoms with Crippen molar-refractivity contribution in [2.75, 3.05) is 56.3 Å². The molecule has 3 aliphatic rings. The second-order valence-corrected chi connectivity index (χ2v) is 7.91. The molecule has 0 unspecified atom stereocenters. The molecule has 1 aromatic rings. The zero-order valence-electron chi connectivity index (χ0n) is 17.6. The van der Waals surface area contributed by atoms with Crippen molar-refractivity contribution in [3.05, 3.63) is 35.8 Å². The Morgan fingerprint density at radius 2 is 2.06 bits per heavy atom. The van der Waals surface area contributed by atoms with Crippen LogP contribution in [0.15, 0.2) is 30.0 Å². The van der Waals surface area contributed by atoms with Crippen LogP contribution in [-0.4, -0.2) is 64.6 Å². The lowest BCUT2D eigenvalue weighted by atomic mass is 10.2. The van der Waals surface area contributed by atoms with Crippen LogP contribution in [0.4, 0.5) is 20.6 Å². The lowest BCUT2D eigenvalue weighted by Crippen LogP contribution is -2.33. The van der Waals surface area contributed by atoms with E-state index in [1.54, 1.807) is 19.2 Å². The zero-order valence-corrected chi connectivity index (χ0v) is 17.6. The third kappa shape index (κ3) is 4.75. The van der Waals surface area contributed by atoms with Gasteiger partial charge in [-0.05, 0) is 23.8 Å². The summed E-state index contributed by atoms with van der Waals surface area (Å²) in [7, 11) is 1.62. The van der Waals surface area contributed by atoms with E-state index in [0.29, 0.717) is 36.4 Å². The number of amides is 2. The van der Waals surface area contributed by atoms with E-state index < -0.39 is 12.2 Å². The van der Waals surface area contributed by atoms with Crippen LogP contribution < -0.4 is 20.6 Å². The molecule has 3 atom stereocenters. The molecule has 1 aromatic carbocycles. The summed E-state index contributed by atoms with van der Waals surface area (Å²) in [6, 6.07) is 4.80. The summed E-state index contributed by atoms with van der Waals surface area (Å²) in [4.78, 5) is 31.8. The molecule has 2 N–H and O–H groups in total. The Bertz CT molecular complexity index is 865. The highest BCUT2D eigenvalue weighted by molar-refractivity contribution is 5.90. The number of benzene rings is 1. The third-order valence-corrected chi connectivity index (χ3v) is 5.80. The molecular formula is C21H27FN4O5. The minimum atomic E-state index is -0.542. The quantitative estimate of drug-likeness (QED) is 0.448. The monoisotopic (exact) mass is 434 g/mol. The van der Waals surface area contributed by atoms with E-state index in [1.165, 1.54) is 23.5 Å². The number of methoxy groups -OCH3 is 1. The molecule has 1 aliphatic carbocycles. The number of carbonyl (C=O) groups is 2. The Morgan fingerprint density at radius 1 is 1.29 bits per heavy atom. The van der Waals surface area contributed by atoms with Gasteiger partial charge in [0.05, 0.1) is 37.7 Å². The third-order valence-electron chi connectivity index (χ3n) is 5.80. The molecule has 4 rings (SSSR count). The number of anilines is 2. The van der Waals surface area contributed by atoms with Crippen LogP contribution in [0.25, 0.3) is 0 Å². The van der Waals surface area contributed by atoms with Crippen LogP contribution in [0.1, 0.15) is 6.92 Å². The summed E-state index contributed by atoms with van der Waals surface area (Å²) in [5, 5.41) is 2.62. The van der Waals surface area contributed by atoms with Gasteiger partial charge in [-0.3, -0.25) is 20.0 Å². The average Bonchev–Trinajstić information content (AvgIpc) is 3.05. The van der Waals surface area contributed by atoms with Gasteiger partial charge in [0.2, 0.25) is 5.91 Å². The van der Waals surface area contributed by atoms with Crippen LogP contribution in [0.2, 0.25) is 0 Å². The minimum Gasteiger partial charge on any atom is -0.442 e. The maximum Gasteiger partial charge on any atom is 0.414 e. The molecule has 2 heterocycles. The molecule has 0 aromatic heterocycles. The predicted molar refractivity (Wildman–Crippen MR) is 111 cm³/mol. The fourth-order valence-corrected chi connectivity index (χ4v) is 4.14. The summed E-state index contributed by atoms with van der Waals surface area (Å²) in [6.45, 7) is 4.39. The molecule has 0 bridgehead atoms. The van der Waals surface area contributed by atoms with Gasteiger partial charge in [-0.25, -0.2) is 9.18 Å². The molecule has 168 valence electrons. The number of carbonyl (C=O) groups excluding carboxylic acids is 2. The van der Waals surface area contributed by atoms with Crippen molar-refractivity contribution in [2.24, 2.45) is 11.8 Å². The number of rotatable bonds is 9. The highest BCUT2D eigenvalue weighted by atomic mass is 19.1. The van der Waals surface area contributed by atoms with Gasteiger partial charge in [-0.1, -0.05) is 0 Å². The number of nitrogens with zero attached hydrogens (tertiary/aromatic N) is 2. The number of hydrogen-bond acceptors (Lipinski definition) is 7. The molecule has 10 heteroatoms. The van der Waals surface area contributed by atoms with E-state index >= 15 is 0 Å². The first-order valence-corrected chi connectivity index (χ1v) is 10.3. The predicted octanol–water partition coefficient (Wildman–Crippen LogP) is 1.40. The molecular weight excluding hydrogens is 407 g/mol. The van der Waals surface area contributed by atoms with Crippen molar-refractivity contribution in [1.82, 2.24) is 10.8 Å². The van der Waals surface area contributed by atoms with Gasteiger partial charge in [0.15, 0.2) is 0 Å². The first-order valence-electron chi connectivity index (χ1n) is 10.3. The molecule has 0 radical (unpaired) electrons. The smallest absolute Gasteiger partial charge is 0.414 e. The number of fused-ring (bicyclic) bond motifs is 1. The number of hydrogen-bond donors (Lipinski definition) is 2.